The predicted molar refractivity (Wildman–Crippen MR) is 98.4 cm³/mol. The number of benzene rings is 2. The van der Waals surface area contributed by atoms with E-state index in [0.29, 0.717) is 0 Å². The van der Waals surface area contributed by atoms with Crippen molar-refractivity contribution >= 4 is 65.7 Å². The molecule has 0 aliphatic heterocycles. The Labute approximate surface area is 167 Å². The third-order valence-corrected chi connectivity index (χ3v) is 5.87. The number of hydrogen-bond donors (Lipinski definition) is 4. The molecule has 0 radical (unpaired) electrons. The van der Waals surface area contributed by atoms with Crippen LogP contribution in [-0.2, 0) is 20.2 Å². The SMILES string of the molecule is O=S(=O)(O)c1cc(O)c2c(Nc3nnnc(Cl)c3Cl)cc(S(=O)(=O)O)cc2c1. The molecular weight excluding hydrogens is 459 g/mol. The van der Waals surface area contributed by atoms with Gasteiger partial charge in [0.15, 0.2) is 11.0 Å². The molecule has 0 aliphatic rings. The molecule has 0 atom stereocenters. The van der Waals surface area contributed by atoms with Crippen LogP contribution in [0, 0.1) is 0 Å². The van der Waals surface area contributed by atoms with E-state index < -0.39 is 35.8 Å². The van der Waals surface area contributed by atoms with Crippen molar-refractivity contribution in [1.82, 2.24) is 15.4 Å². The minimum Gasteiger partial charge on any atom is -0.507 e. The zero-order valence-corrected chi connectivity index (χ0v) is 16.3. The highest BCUT2D eigenvalue weighted by Gasteiger charge is 2.21. The minimum absolute atomic E-state index is 0.0643. The lowest BCUT2D eigenvalue weighted by atomic mass is 10.1. The number of phenolic OH excluding ortho intramolecular Hbond substituents is 1. The average molecular weight is 467 g/mol. The van der Waals surface area contributed by atoms with Gasteiger partial charge >= 0.3 is 0 Å². The number of halogens is 2. The fourth-order valence-electron chi connectivity index (χ4n) is 2.33. The van der Waals surface area contributed by atoms with Crippen LogP contribution >= 0.6 is 23.2 Å². The van der Waals surface area contributed by atoms with Gasteiger partial charge in [-0.05, 0) is 28.8 Å². The molecule has 0 spiro atoms. The predicted octanol–water partition coefficient (Wildman–Crippen LogP) is 2.27. The minimum atomic E-state index is -4.73. The fourth-order valence-corrected chi connectivity index (χ4v) is 3.66. The largest absolute Gasteiger partial charge is 0.507 e. The number of fused-ring (bicyclic) bond motifs is 1. The topological polar surface area (TPSA) is 180 Å². The van der Waals surface area contributed by atoms with Gasteiger partial charge in [-0.3, -0.25) is 9.11 Å². The van der Waals surface area contributed by atoms with Crippen molar-refractivity contribution in [2.75, 3.05) is 5.32 Å². The summed E-state index contributed by atoms with van der Waals surface area (Å²) < 4.78 is 64.5. The Kier molecular flexibility index (Phi) is 5.07. The van der Waals surface area contributed by atoms with Crippen molar-refractivity contribution in [3.63, 3.8) is 0 Å². The van der Waals surface area contributed by atoms with E-state index in [4.69, 9.17) is 23.2 Å². The van der Waals surface area contributed by atoms with E-state index in [-0.39, 0.29) is 32.5 Å². The highest BCUT2D eigenvalue weighted by Crippen LogP contribution is 2.38. The van der Waals surface area contributed by atoms with Gasteiger partial charge in [-0.1, -0.05) is 23.2 Å². The second-order valence-corrected chi connectivity index (χ2v) is 8.91. The maximum absolute atomic E-state index is 11.6. The van der Waals surface area contributed by atoms with Crippen molar-refractivity contribution in [2.24, 2.45) is 0 Å². The van der Waals surface area contributed by atoms with Gasteiger partial charge in [0.05, 0.1) is 15.5 Å². The zero-order chi connectivity index (χ0) is 20.9. The van der Waals surface area contributed by atoms with Crippen molar-refractivity contribution in [1.29, 1.82) is 0 Å². The summed E-state index contributed by atoms with van der Waals surface area (Å²) in [5.41, 5.74) is -0.136. The Morgan fingerprint density at radius 1 is 0.893 bits per heavy atom. The smallest absolute Gasteiger partial charge is 0.294 e. The van der Waals surface area contributed by atoms with E-state index in [9.17, 15) is 31.0 Å². The summed E-state index contributed by atoms with van der Waals surface area (Å²) >= 11 is 11.7. The van der Waals surface area contributed by atoms with Crippen molar-refractivity contribution in [3.05, 3.63) is 34.4 Å². The van der Waals surface area contributed by atoms with Crippen LogP contribution in [0.25, 0.3) is 10.8 Å². The van der Waals surface area contributed by atoms with Gasteiger partial charge < -0.3 is 10.4 Å². The lowest BCUT2D eigenvalue weighted by Gasteiger charge is -2.13. The number of nitrogens with zero attached hydrogens (tertiary/aromatic N) is 3. The summed E-state index contributed by atoms with van der Waals surface area (Å²) in [4.78, 5) is -1.33. The monoisotopic (exact) mass is 466 g/mol. The van der Waals surface area contributed by atoms with Crippen molar-refractivity contribution < 1.29 is 31.0 Å². The standard InChI is InChI=1S/C13H8Cl2N4O7S2/c14-11-12(15)17-19-18-13(11)16-8-3-6(27(21,22)23)1-5-2-7(28(24,25)26)4-9(20)10(5)8/h1-4,20H,(H,16,17,18)(H,21,22,23)(H,24,25,26). The van der Waals surface area contributed by atoms with Gasteiger partial charge in [-0.2, -0.15) is 16.8 Å². The Morgan fingerprint density at radius 3 is 2.04 bits per heavy atom. The number of phenols is 1. The molecule has 0 aliphatic carbocycles. The molecule has 0 amide bonds. The van der Waals surface area contributed by atoms with Crippen LogP contribution in [0.15, 0.2) is 34.1 Å². The van der Waals surface area contributed by atoms with Gasteiger partial charge in [0.1, 0.15) is 10.8 Å². The Hall–Kier alpha value is -2.29. The second kappa shape index (κ2) is 6.95. The number of anilines is 2. The van der Waals surface area contributed by atoms with E-state index in [0.717, 1.165) is 24.3 Å². The van der Waals surface area contributed by atoms with Gasteiger partial charge in [0.2, 0.25) is 0 Å². The van der Waals surface area contributed by atoms with Gasteiger partial charge in [0, 0.05) is 11.5 Å². The first kappa shape index (κ1) is 20.4. The van der Waals surface area contributed by atoms with Crippen molar-refractivity contribution in [3.8, 4) is 5.75 Å². The van der Waals surface area contributed by atoms with Crippen LogP contribution in [0.4, 0.5) is 11.5 Å². The summed E-state index contributed by atoms with van der Waals surface area (Å²) in [7, 11) is -9.44. The molecule has 2 aromatic carbocycles. The molecule has 1 aromatic heterocycles. The summed E-state index contributed by atoms with van der Waals surface area (Å²) in [6, 6.07) is 3.49. The molecule has 4 N–H and O–H groups in total. The van der Waals surface area contributed by atoms with Gasteiger partial charge in [-0.15, -0.1) is 10.2 Å². The van der Waals surface area contributed by atoms with Gasteiger partial charge in [0.25, 0.3) is 20.2 Å². The first-order chi connectivity index (χ1) is 12.9. The summed E-state index contributed by atoms with van der Waals surface area (Å²) in [5.74, 6) is -0.785. The summed E-state index contributed by atoms with van der Waals surface area (Å²) in [6.45, 7) is 0. The molecular formula is C13H8Cl2N4O7S2. The van der Waals surface area contributed by atoms with Crippen molar-refractivity contribution in [2.45, 2.75) is 9.79 Å². The molecule has 3 rings (SSSR count). The first-order valence-corrected chi connectivity index (χ1v) is 10.6. The highest BCUT2D eigenvalue weighted by molar-refractivity contribution is 7.86. The third kappa shape index (κ3) is 3.94. The quantitative estimate of drug-likeness (QED) is 0.414. The zero-order valence-electron chi connectivity index (χ0n) is 13.2. The number of nitrogens with one attached hydrogen (secondary N) is 1. The van der Waals surface area contributed by atoms with E-state index in [1.807, 2.05) is 0 Å². The van der Waals surface area contributed by atoms with E-state index in [1.54, 1.807) is 0 Å². The average Bonchev–Trinajstić information content (AvgIpc) is 2.56. The normalized spacial score (nSPS) is 12.3. The fraction of sp³-hybridized carbons (Fsp3) is 0. The number of hydrogen-bond acceptors (Lipinski definition) is 9. The number of aromatic hydroxyl groups is 1. The molecule has 3 aromatic rings. The first-order valence-electron chi connectivity index (χ1n) is 6.95. The lowest BCUT2D eigenvalue weighted by Crippen LogP contribution is -2.04. The molecule has 15 heteroatoms. The summed E-state index contributed by atoms with van der Waals surface area (Å²) in [6.07, 6.45) is 0. The van der Waals surface area contributed by atoms with Gasteiger partial charge in [-0.25, -0.2) is 0 Å². The molecule has 28 heavy (non-hydrogen) atoms. The van der Waals surface area contributed by atoms with E-state index in [2.05, 4.69) is 20.7 Å². The van der Waals surface area contributed by atoms with Crippen LogP contribution in [0.2, 0.25) is 10.2 Å². The molecule has 0 saturated carbocycles. The van der Waals surface area contributed by atoms with Crippen LogP contribution in [0.3, 0.4) is 0 Å². The molecule has 1 heterocycles. The van der Waals surface area contributed by atoms with Crippen LogP contribution < -0.4 is 5.32 Å². The molecule has 0 fully saturated rings. The lowest BCUT2D eigenvalue weighted by molar-refractivity contribution is 0.471. The van der Waals surface area contributed by atoms with E-state index >= 15 is 0 Å². The van der Waals surface area contributed by atoms with E-state index in [1.165, 1.54) is 0 Å². The second-order valence-electron chi connectivity index (χ2n) is 5.33. The Balaban J connectivity index is 2.35. The van der Waals surface area contributed by atoms with Crippen LogP contribution in [0.1, 0.15) is 0 Å². The summed E-state index contributed by atoms with van der Waals surface area (Å²) in [5, 5.41) is 22.6. The maximum atomic E-state index is 11.6. The van der Waals surface area contributed by atoms with Crippen LogP contribution in [-0.4, -0.2) is 46.5 Å². The van der Waals surface area contributed by atoms with Crippen LogP contribution in [0.5, 0.6) is 5.75 Å². The molecule has 0 bridgehead atoms. The number of rotatable bonds is 4. The third-order valence-electron chi connectivity index (χ3n) is 3.49. The molecule has 11 nitrogen and oxygen atoms in total. The Morgan fingerprint density at radius 2 is 1.46 bits per heavy atom. The maximum Gasteiger partial charge on any atom is 0.294 e. The molecule has 0 saturated heterocycles. The molecule has 148 valence electrons. The highest BCUT2D eigenvalue weighted by atomic mass is 35.5. The Bertz CT molecular complexity index is 1330. The molecule has 0 unspecified atom stereocenters. The number of aromatic nitrogens is 3.